The highest BCUT2D eigenvalue weighted by Crippen LogP contribution is 2.34. The second-order valence-electron chi connectivity index (χ2n) is 9.16. The molecular weight excluding hydrogens is 410 g/mol. The van der Waals surface area contributed by atoms with Crippen LogP contribution in [0.5, 0.6) is 0 Å². The number of aliphatic hydroxyl groups is 1. The number of ether oxygens (including phenoxy) is 3. The third-order valence-electron chi connectivity index (χ3n) is 6.23. The van der Waals surface area contributed by atoms with Gasteiger partial charge in [0.15, 0.2) is 5.79 Å². The van der Waals surface area contributed by atoms with Crippen LogP contribution in [0.1, 0.15) is 59.1 Å². The van der Waals surface area contributed by atoms with Crippen LogP contribution in [0.2, 0.25) is 0 Å². The Morgan fingerprint density at radius 2 is 1.97 bits per heavy atom. The van der Waals surface area contributed by atoms with Gasteiger partial charge in [-0.3, -0.25) is 4.79 Å². The van der Waals surface area contributed by atoms with Gasteiger partial charge in [0.2, 0.25) is 5.91 Å². The predicted molar refractivity (Wildman–Crippen MR) is 120 cm³/mol. The highest BCUT2D eigenvalue weighted by atomic mass is 16.7. The first kappa shape index (κ1) is 24.4. The lowest BCUT2D eigenvalue weighted by Gasteiger charge is -2.44. The van der Waals surface area contributed by atoms with E-state index in [1.807, 2.05) is 50.3 Å². The van der Waals surface area contributed by atoms with E-state index in [-0.39, 0.29) is 24.7 Å². The Bertz CT molecular complexity index is 823. The third kappa shape index (κ3) is 5.39. The summed E-state index contributed by atoms with van der Waals surface area (Å²) in [6, 6.07) is 8.78. The van der Waals surface area contributed by atoms with E-state index in [0.717, 1.165) is 23.3 Å². The molecule has 2 heterocycles. The molecule has 7 heteroatoms. The van der Waals surface area contributed by atoms with Crippen LogP contribution >= 0.6 is 0 Å². The summed E-state index contributed by atoms with van der Waals surface area (Å²) in [7, 11) is 0. The monoisotopic (exact) mass is 445 g/mol. The third-order valence-corrected chi connectivity index (χ3v) is 6.23. The first-order valence-electron chi connectivity index (χ1n) is 11.4. The first-order chi connectivity index (χ1) is 15.1. The van der Waals surface area contributed by atoms with Gasteiger partial charge in [0.25, 0.3) is 0 Å². The molecule has 32 heavy (non-hydrogen) atoms. The Morgan fingerprint density at radius 1 is 1.28 bits per heavy atom. The Kier molecular flexibility index (Phi) is 7.75. The molecule has 0 radical (unpaired) electrons. The maximum atomic E-state index is 13.1. The highest BCUT2D eigenvalue weighted by Gasteiger charge is 2.42. The number of carbonyl (C=O) groups excluding carboxylic acids is 2. The second-order valence-corrected chi connectivity index (χ2v) is 9.16. The van der Waals surface area contributed by atoms with Crippen LogP contribution in [-0.2, 0) is 19.0 Å². The fourth-order valence-corrected chi connectivity index (χ4v) is 4.31. The van der Waals surface area contributed by atoms with Gasteiger partial charge in [-0.1, -0.05) is 69.7 Å². The van der Waals surface area contributed by atoms with Gasteiger partial charge in [0, 0.05) is 5.92 Å². The number of nitrogens with zero attached hydrogens (tertiary/aromatic N) is 1. The number of benzene rings is 1. The zero-order valence-corrected chi connectivity index (χ0v) is 19.6. The fourth-order valence-electron chi connectivity index (χ4n) is 4.31. The molecule has 1 aromatic rings. The molecule has 2 aliphatic rings. The summed E-state index contributed by atoms with van der Waals surface area (Å²) in [6.07, 6.45) is 3.38. The number of imide groups is 1. The van der Waals surface area contributed by atoms with E-state index in [0.29, 0.717) is 0 Å². The lowest BCUT2D eigenvalue weighted by atomic mass is 9.91. The lowest BCUT2D eigenvalue weighted by Crippen LogP contribution is -2.49. The number of carbonyl (C=O) groups is 2. The molecular formula is C25H35NO6. The van der Waals surface area contributed by atoms with Crippen LogP contribution in [0.3, 0.4) is 0 Å². The molecule has 2 aliphatic heterocycles. The molecule has 176 valence electrons. The minimum absolute atomic E-state index is 0.0561. The van der Waals surface area contributed by atoms with Crippen molar-refractivity contribution in [2.45, 2.75) is 77.6 Å². The number of rotatable bonds is 7. The average molecular weight is 446 g/mol. The molecule has 0 unspecified atom stereocenters. The van der Waals surface area contributed by atoms with Gasteiger partial charge in [-0.05, 0) is 25.8 Å². The molecule has 7 nitrogen and oxygen atoms in total. The Balaban J connectivity index is 1.70. The molecule has 0 aliphatic carbocycles. The molecule has 1 N–H and O–H groups in total. The van der Waals surface area contributed by atoms with Crippen molar-refractivity contribution in [2.24, 2.45) is 11.8 Å². The molecule has 2 fully saturated rings. The minimum Gasteiger partial charge on any atom is -0.446 e. The van der Waals surface area contributed by atoms with Crippen molar-refractivity contribution in [3.05, 3.63) is 48.0 Å². The molecule has 2 amide bonds. The Labute approximate surface area is 190 Å². The van der Waals surface area contributed by atoms with E-state index in [1.54, 1.807) is 13.0 Å². The van der Waals surface area contributed by atoms with Crippen LogP contribution in [0.15, 0.2) is 42.5 Å². The summed E-state index contributed by atoms with van der Waals surface area (Å²) >= 11 is 0. The van der Waals surface area contributed by atoms with Gasteiger partial charge in [0.05, 0.1) is 24.2 Å². The zero-order chi connectivity index (χ0) is 23.5. The van der Waals surface area contributed by atoms with Gasteiger partial charge in [-0.25, -0.2) is 9.69 Å². The molecule has 0 saturated carbocycles. The molecule has 0 aromatic heterocycles. The van der Waals surface area contributed by atoms with Crippen molar-refractivity contribution < 1.29 is 28.9 Å². The van der Waals surface area contributed by atoms with E-state index in [4.69, 9.17) is 14.2 Å². The average Bonchev–Trinajstić information content (AvgIpc) is 3.15. The highest BCUT2D eigenvalue weighted by molar-refractivity contribution is 5.95. The van der Waals surface area contributed by atoms with Crippen molar-refractivity contribution in [1.29, 1.82) is 0 Å². The number of amides is 2. The van der Waals surface area contributed by atoms with Gasteiger partial charge >= 0.3 is 6.09 Å². The summed E-state index contributed by atoms with van der Waals surface area (Å²) in [5, 5.41) is 10.7. The fraction of sp³-hybridized carbons (Fsp3) is 0.600. The standard InChI is InChI=1S/C25H35NO6/c1-6-10-21-17(3)22(32-25(4,5)31-21)14-13-20(27)16(2)23(28)26-19(15-30-24(26)29)18-11-8-7-9-12-18/h7-9,11-14,16-17,19-22,27H,6,10,15H2,1-5H3/b14-13+/t16-,17-,19-,20-,21-,22-/m0/s1. The van der Waals surface area contributed by atoms with Crippen molar-refractivity contribution >= 4 is 12.0 Å². The first-order valence-corrected chi connectivity index (χ1v) is 11.4. The van der Waals surface area contributed by atoms with E-state index in [9.17, 15) is 14.7 Å². The SMILES string of the molecule is CCC[C@@H]1OC(C)(C)O[C@@H](/C=C/[C@H](O)[C@H](C)C(=O)N2C(=O)OC[C@H]2c2ccccc2)[C@H]1C. The van der Waals surface area contributed by atoms with Crippen molar-refractivity contribution in [2.75, 3.05) is 6.61 Å². The molecule has 1 aromatic carbocycles. The minimum atomic E-state index is -1.07. The quantitative estimate of drug-likeness (QED) is 0.633. The van der Waals surface area contributed by atoms with Crippen LogP contribution in [0.25, 0.3) is 0 Å². The van der Waals surface area contributed by atoms with E-state index in [2.05, 4.69) is 13.8 Å². The maximum Gasteiger partial charge on any atom is 0.417 e. The second kappa shape index (κ2) is 10.1. The van der Waals surface area contributed by atoms with E-state index >= 15 is 0 Å². The molecule has 3 rings (SSSR count). The smallest absolute Gasteiger partial charge is 0.417 e. The number of hydrogen-bond donors (Lipinski definition) is 1. The summed E-state index contributed by atoms with van der Waals surface area (Å²) in [5.41, 5.74) is 0.817. The van der Waals surface area contributed by atoms with Crippen LogP contribution in [0.4, 0.5) is 4.79 Å². The molecule has 6 atom stereocenters. The number of aliphatic hydroxyl groups excluding tert-OH is 1. The van der Waals surface area contributed by atoms with Crippen molar-refractivity contribution in [3.63, 3.8) is 0 Å². The maximum absolute atomic E-state index is 13.1. The van der Waals surface area contributed by atoms with Crippen LogP contribution < -0.4 is 0 Å². The van der Waals surface area contributed by atoms with Gasteiger partial charge in [-0.15, -0.1) is 0 Å². The lowest BCUT2D eigenvalue weighted by molar-refractivity contribution is -0.309. The van der Waals surface area contributed by atoms with Gasteiger partial charge in [0.1, 0.15) is 12.6 Å². The van der Waals surface area contributed by atoms with Crippen LogP contribution in [0, 0.1) is 11.8 Å². The van der Waals surface area contributed by atoms with Gasteiger partial charge < -0.3 is 19.3 Å². The van der Waals surface area contributed by atoms with Crippen LogP contribution in [-0.4, -0.2) is 52.7 Å². The van der Waals surface area contributed by atoms with E-state index < -0.39 is 35.9 Å². The molecule has 0 spiro atoms. The van der Waals surface area contributed by atoms with Crippen molar-refractivity contribution in [1.82, 2.24) is 4.90 Å². The number of cyclic esters (lactones) is 1. The molecule has 2 saturated heterocycles. The predicted octanol–water partition coefficient (Wildman–Crippen LogP) is 4.22. The topological polar surface area (TPSA) is 85.3 Å². The number of hydrogen-bond acceptors (Lipinski definition) is 6. The summed E-state index contributed by atoms with van der Waals surface area (Å²) in [5.74, 6) is -1.91. The summed E-state index contributed by atoms with van der Waals surface area (Å²) in [4.78, 5) is 26.5. The Hall–Kier alpha value is -2.22. The van der Waals surface area contributed by atoms with E-state index in [1.165, 1.54) is 0 Å². The normalized spacial score (nSPS) is 29.7. The largest absolute Gasteiger partial charge is 0.446 e. The van der Waals surface area contributed by atoms with Crippen molar-refractivity contribution in [3.8, 4) is 0 Å². The summed E-state index contributed by atoms with van der Waals surface area (Å²) < 4.78 is 17.2. The zero-order valence-electron chi connectivity index (χ0n) is 19.6. The summed E-state index contributed by atoms with van der Waals surface area (Å²) in [6.45, 7) is 9.67. The Morgan fingerprint density at radius 3 is 2.62 bits per heavy atom. The molecule has 0 bridgehead atoms. The van der Waals surface area contributed by atoms with Gasteiger partial charge in [-0.2, -0.15) is 0 Å².